The van der Waals surface area contributed by atoms with E-state index in [9.17, 15) is 17.6 Å². The zero-order valence-corrected chi connectivity index (χ0v) is 16.5. The van der Waals surface area contributed by atoms with Crippen LogP contribution in [0.3, 0.4) is 0 Å². The van der Waals surface area contributed by atoms with Gasteiger partial charge in [0.2, 0.25) is 0 Å². The van der Waals surface area contributed by atoms with Gasteiger partial charge in [-0.15, -0.1) is 0 Å². The van der Waals surface area contributed by atoms with Crippen LogP contribution in [0.1, 0.15) is 25.7 Å². The molecule has 0 atom stereocenters. The highest BCUT2D eigenvalue weighted by Crippen LogP contribution is 2.17. The Labute approximate surface area is 169 Å². The largest absolute Gasteiger partial charge is 0.481 e. The molecular weight excluding hydrogens is 397 g/mol. The van der Waals surface area contributed by atoms with E-state index in [1.807, 2.05) is 0 Å². The summed E-state index contributed by atoms with van der Waals surface area (Å²) in [6.45, 7) is 0.250. The molecule has 9 heteroatoms. The van der Waals surface area contributed by atoms with Crippen LogP contribution in [0.4, 0.5) is 10.1 Å². The highest BCUT2D eigenvalue weighted by molar-refractivity contribution is 7.90. The summed E-state index contributed by atoms with van der Waals surface area (Å²) < 4.78 is 46.2. The van der Waals surface area contributed by atoms with E-state index in [0.29, 0.717) is 24.5 Å². The highest BCUT2D eigenvalue weighted by atomic mass is 32.2. The molecule has 3 rings (SSSR count). The van der Waals surface area contributed by atoms with Gasteiger partial charge in [-0.1, -0.05) is 18.6 Å². The molecule has 7 nitrogen and oxygen atoms in total. The van der Waals surface area contributed by atoms with Crippen LogP contribution in [0.15, 0.2) is 58.4 Å². The third kappa shape index (κ3) is 6.02. The normalized spacial score (nSPS) is 14.4. The van der Waals surface area contributed by atoms with E-state index in [0.717, 1.165) is 19.3 Å². The lowest BCUT2D eigenvalue weighted by molar-refractivity contribution is -0.118. The van der Waals surface area contributed by atoms with Crippen LogP contribution >= 0.6 is 0 Å². The van der Waals surface area contributed by atoms with Gasteiger partial charge in [0, 0.05) is 18.7 Å². The fourth-order valence-corrected chi connectivity index (χ4v) is 3.88. The number of hydrogen-bond acceptors (Lipinski definition) is 5. The first kappa shape index (κ1) is 20.8. The van der Waals surface area contributed by atoms with E-state index in [4.69, 9.17) is 4.74 Å². The molecule has 0 fully saturated rings. The molecule has 0 unspecified atom stereocenters. The number of sulfonamides is 1. The van der Waals surface area contributed by atoms with Crippen molar-refractivity contribution in [2.75, 3.05) is 18.5 Å². The summed E-state index contributed by atoms with van der Waals surface area (Å²) in [4.78, 5) is 16.3. The second-order valence-corrected chi connectivity index (χ2v) is 8.22. The Morgan fingerprint density at radius 1 is 1.07 bits per heavy atom. The number of benzene rings is 2. The van der Waals surface area contributed by atoms with Gasteiger partial charge in [0.15, 0.2) is 18.2 Å². The lowest BCUT2D eigenvalue weighted by Gasteiger charge is -2.11. The summed E-state index contributed by atoms with van der Waals surface area (Å²) in [5, 5.41) is 2.57. The molecule has 2 aromatic carbocycles. The molecule has 0 bridgehead atoms. The summed E-state index contributed by atoms with van der Waals surface area (Å²) in [6.07, 6.45) is 3.50. The van der Waals surface area contributed by atoms with E-state index in [1.165, 1.54) is 42.5 Å². The summed E-state index contributed by atoms with van der Waals surface area (Å²) in [7, 11) is -3.73. The number of anilines is 1. The number of hydrogen-bond donors (Lipinski definition) is 2. The number of nitrogens with one attached hydrogen (secondary N) is 2. The van der Waals surface area contributed by atoms with Gasteiger partial charge >= 0.3 is 0 Å². The fraction of sp³-hybridized carbons (Fsp3) is 0.300. The first-order valence-electron chi connectivity index (χ1n) is 9.27. The van der Waals surface area contributed by atoms with Crippen molar-refractivity contribution >= 4 is 27.5 Å². The molecule has 29 heavy (non-hydrogen) atoms. The Kier molecular flexibility index (Phi) is 6.82. The van der Waals surface area contributed by atoms with Crippen molar-refractivity contribution in [1.82, 2.24) is 4.72 Å². The topological polar surface area (TPSA) is 96.9 Å². The fourth-order valence-electron chi connectivity index (χ4n) is 2.79. The maximum absolute atomic E-state index is 13.5. The van der Waals surface area contributed by atoms with E-state index in [2.05, 4.69) is 15.0 Å². The van der Waals surface area contributed by atoms with Crippen molar-refractivity contribution in [3.05, 3.63) is 54.3 Å². The predicted molar refractivity (Wildman–Crippen MR) is 108 cm³/mol. The van der Waals surface area contributed by atoms with Crippen LogP contribution in [-0.4, -0.2) is 33.3 Å². The van der Waals surface area contributed by atoms with Crippen LogP contribution in [0, 0.1) is 5.82 Å². The van der Waals surface area contributed by atoms with E-state index < -0.39 is 21.7 Å². The molecule has 2 aromatic rings. The molecule has 1 aliphatic rings. The Hall–Kier alpha value is -2.94. The van der Waals surface area contributed by atoms with Gasteiger partial charge in [-0.3, -0.25) is 14.5 Å². The number of amides is 1. The number of carbonyl (C=O) groups is 1. The van der Waals surface area contributed by atoms with Crippen molar-refractivity contribution in [1.29, 1.82) is 0 Å². The summed E-state index contributed by atoms with van der Waals surface area (Å²) >= 11 is 0. The number of para-hydroxylation sites is 1. The van der Waals surface area contributed by atoms with Crippen LogP contribution in [-0.2, 0) is 14.8 Å². The molecule has 154 valence electrons. The monoisotopic (exact) mass is 419 g/mol. The van der Waals surface area contributed by atoms with Gasteiger partial charge in [-0.2, -0.15) is 0 Å². The number of nitrogens with zero attached hydrogens (tertiary/aromatic N) is 1. The maximum atomic E-state index is 13.5. The molecule has 2 N–H and O–H groups in total. The molecule has 0 saturated heterocycles. The first-order chi connectivity index (χ1) is 13.9. The standard InChI is InChI=1S/C20H22FN3O4S/c21-17-6-3-4-7-18(17)28-14-20(25)23-15-9-11-16(12-10-15)29(26,27)24-19-8-2-1-5-13-22-19/h3-4,6-7,9-12H,1-2,5,8,13-14H2,(H,22,24)(H,23,25). The van der Waals surface area contributed by atoms with Gasteiger partial charge in [-0.05, 0) is 49.2 Å². The minimum absolute atomic E-state index is 0.0170. The second-order valence-electron chi connectivity index (χ2n) is 6.54. The van der Waals surface area contributed by atoms with E-state index in [-0.39, 0.29) is 17.3 Å². The van der Waals surface area contributed by atoms with E-state index in [1.54, 1.807) is 6.07 Å². The quantitative estimate of drug-likeness (QED) is 0.752. The van der Waals surface area contributed by atoms with Gasteiger partial charge in [0.05, 0.1) is 4.90 Å². The minimum Gasteiger partial charge on any atom is -0.481 e. The average Bonchev–Trinajstić information content (AvgIpc) is 2.96. The van der Waals surface area contributed by atoms with Crippen LogP contribution in [0.25, 0.3) is 0 Å². The zero-order chi connectivity index (χ0) is 20.7. The van der Waals surface area contributed by atoms with Gasteiger partial charge in [0.25, 0.3) is 15.9 Å². The van der Waals surface area contributed by atoms with Gasteiger partial charge in [-0.25, -0.2) is 12.8 Å². The number of ether oxygens (including phenoxy) is 1. The molecule has 0 aromatic heterocycles. The number of rotatable bonds is 6. The number of halogens is 1. The molecule has 1 amide bonds. The average molecular weight is 419 g/mol. The SMILES string of the molecule is O=C(COc1ccccc1F)Nc1ccc(S(=O)(=O)NC2=NCCCCC2)cc1. The molecule has 0 saturated carbocycles. The lowest BCUT2D eigenvalue weighted by atomic mass is 10.2. The van der Waals surface area contributed by atoms with E-state index >= 15 is 0 Å². The zero-order valence-electron chi connectivity index (χ0n) is 15.7. The van der Waals surface area contributed by atoms with Crippen molar-refractivity contribution in [3.8, 4) is 5.75 Å². The highest BCUT2D eigenvalue weighted by Gasteiger charge is 2.17. The van der Waals surface area contributed by atoms with Crippen molar-refractivity contribution in [2.45, 2.75) is 30.6 Å². The number of carbonyl (C=O) groups excluding carboxylic acids is 1. The molecule has 0 spiro atoms. The Morgan fingerprint density at radius 3 is 2.59 bits per heavy atom. The van der Waals surface area contributed by atoms with Crippen molar-refractivity contribution < 1.29 is 22.3 Å². The summed E-state index contributed by atoms with van der Waals surface area (Å²) in [6, 6.07) is 11.5. The van der Waals surface area contributed by atoms with Crippen molar-refractivity contribution in [3.63, 3.8) is 0 Å². The maximum Gasteiger partial charge on any atom is 0.262 e. The summed E-state index contributed by atoms with van der Waals surface area (Å²) in [5.41, 5.74) is 0.401. The van der Waals surface area contributed by atoms with Crippen LogP contribution < -0.4 is 14.8 Å². The Morgan fingerprint density at radius 2 is 1.83 bits per heavy atom. The number of aliphatic imine (C=N–C) groups is 1. The second kappa shape index (κ2) is 9.51. The third-order valence-electron chi connectivity index (χ3n) is 4.27. The molecule has 1 aliphatic heterocycles. The molecular formula is C20H22FN3O4S. The molecule has 0 aliphatic carbocycles. The third-order valence-corrected chi connectivity index (χ3v) is 5.67. The molecule has 1 heterocycles. The Balaban J connectivity index is 1.57. The van der Waals surface area contributed by atoms with Crippen molar-refractivity contribution in [2.24, 2.45) is 4.99 Å². The van der Waals surface area contributed by atoms with Gasteiger partial charge < -0.3 is 10.1 Å². The first-order valence-corrected chi connectivity index (χ1v) is 10.8. The predicted octanol–water partition coefficient (Wildman–Crippen LogP) is 3.09. The van der Waals surface area contributed by atoms with Gasteiger partial charge in [0.1, 0.15) is 5.84 Å². The molecule has 0 radical (unpaired) electrons. The lowest BCUT2D eigenvalue weighted by Crippen LogP contribution is -2.30. The number of amidine groups is 1. The van der Waals surface area contributed by atoms with Crippen LogP contribution in [0.5, 0.6) is 5.75 Å². The Bertz CT molecular complexity index is 991. The minimum atomic E-state index is -3.73. The smallest absolute Gasteiger partial charge is 0.262 e. The summed E-state index contributed by atoms with van der Waals surface area (Å²) in [5.74, 6) is -0.586. The van der Waals surface area contributed by atoms with Crippen LogP contribution in [0.2, 0.25) is 0 Å².